The molecule has 2 aliphatic rings. The van der Waals surface area contributed by atoms with Gasteiger partial charge in [-0.1, -0.05) is 6.07 Å². The van der Waals surface area contributed by atoms with Crippen LogP contribution in [0.1, 0.15) is 43.5 Å². The molecular formula is C17H27N3OS. The van der Waals surface area contributed by atoms with Crippen LogP contribution in [0.3, 0.4) is 0 Å². The van der Waals surface area contributed by atoms with Crippen LogP contribution < -0.4 is 10.6 Å². The highest BCUT2D eigenvalue weighted by Crippen LogP contribution is 2.28. The normalized spacial score (nSPS) is 21.7. The molecule has 0 aromatic carbocycles. The van der Waals surface area contributed by atoms with E-state index in [0.29, 0.717) is 12.6 Å². The van der Waals surface area contributed by atoms with Crippen LogP contribution in [-0.2, 0) is 4.79 Å². The number of hydrogen-bond donors (Lipinski definition) is 2. The third-order valence-electron chi connectivity index (χ3n) is 4.69. The van der Waals surface area contributed by atoms with E-state index in [2.05, 4.69) is 33.9 Å². The lowest BCUT2D eigenvalue weighted by molar-refractivity contribution is -0.123. The molecule has 1 aliphatic carbocycles. The van der Waals surface area contributed by atoms with Gasteiger partial charge in [0.2, 0.25) is 5.91 Å². The van der Waals surface area contributed by atoms with E-state index < -0.39 is 0 Å². The molecule has 1 saturated heterocycles. The summed E-state index contributed by atoms with van der Waals surface area (Å²) in [6.07, 6.45) is 5.16. The van der Waals surface area contributed by atoms with Crippen LogP contribution >= 0.6 is 11.3 Å². The van der Waals surface area contributed by atoms with Gasteiger partial charge in [-0.2, -0.15) is 0 Å². The third-order valence-corrected chi connectivity index (χ3v) is 5.75. The standard InChI is InChI=1S/C17H27N3OS/c1-13(16-3-2-10-22-16)19-17(21)12-20-8-6-15(7-9-20)18-11-14-4-5-14/h2-3,10,13-15,18H,4-9,11-12H2,1H3,(H,19,21). The van der Waals surface area contributed by atoms with Crippen molar-refractivity contribution in [1.82, 2.24) is 15.5 Å². The average molecular weight is 321 g/mol. The molecule has 4 nitrogen and oxygen atoms in total. The maximum absolute atomic E-state index is 12.2. The molecule has 22 heavy (non-hydrogen) atoms. The van der Waals surface area contributed by atoms with Gasteiger partial charge in [0, 0.05) is 24.0 Å². The monoisotopic (exact) mass is 321 g/mol. The predicted molar refractivity (Wildman–Crippen MR) is 91.1 cm³/mol. The molecule has 1 saturated carbocycles. The third kappa shape index (κ3) is 4.80. The molecule has 122 valence electrons. The van der Waals surface area contributed by atoms with Gasteiger partial charge in [-0.15, -0.1) is 11.3 Å². The van der Waals surface area contributed by atoms with Crippen LogP contribution in [0.15, 0.2) is 17.5 Å². The molecule has 1 aromatic heterocycles. The van der Waals surface area contributed by atoms with Gasteiger partial charge >= 0.3 is 0 Å². The summed E-state index contributed by atoms with van der Waals surface area (Å²) in [5.41, 5.74) is 0. The highest BCUT2D eigenvalue weighted by atomic mass is 32.1. The number of likely N-dealkylation sites (tertiary alicyclic amines) is 1. The fourth-order valence-electron chi connectivity index (χ4n) is 3.05. The van der Waals surface area contributed by atoms with Crippen LogP contribution in [0, 0.1) is 5.92 Å². The first-order chi connectivity index (χ1) is 10.7. The number of rotatable bonds is 7. The molecule has 1 unspecified atom stereocenters. The van der Waals surface area contributed by atoms with Gasteiger partial charge in [-0.05, 0) is 56.5 Å². The lowest BCUT2D eigenvalue weighted by Gasteiger charge is -2.32. The molecule has 1 aliphatic heterocycles. The van der Waals surface area contributed by atoms with Crippen LogP contribution in [0.2, 0.25) is 0 Å². The Morgan fingerprint density at radius 3 is 2.77 bits per heavy atom. The molecule has 0 radical (unpaired) electrons. The molecular weight excluding hydrogens is 294 g/mol. The Hall–Kier alpha value is -0.910. The van der Waals surface area contributed by atoms with Crippen molar-refractivity contribution in [3.8, 4) is 0 Å². The van der Waals surface area contributed by atoms with E-state index >= 15 is 0 Å². The molecule has 2 heterocycles. The average Bonchev–Trinajstić information content (AvgIpc) is 3.17. The number of piperidine rings is 1. The smallest absolute Gasteiger partial charge is 0.234 e. The van der Waals surface area contributed by atoms with Gasteiger partial charge in [-0.25, -0.2) is 0 Å². The minimum atomic E-state index is 0.116. The second-order valence-corrected chi connectivity index (χ2v) is 7.69. The minimum Gasteiger partial charge on any atom is -0.348 e. The van der Waals surface area contributed by atoms with E-state index in [1.807, 2.05) is 6.07 Å². The highest BCUT2D eigenvalue weighted by molar-refractivity contribution is 7.10. The number of thiophene rings is 1. The number of nitrogens with one attached hydrogen (secondary N) is 2. The van der Waals surface area contributed by atoms with Crippen LogP contribution in [0.25, 0.3) is 0 Å². The summed E-state index contributed by atoms with van der Waals surface area (Å²) >= 11 is 1.70. The number of nitrogens with zero attached hydrogens (tertiary/aromatic N) is 1. The summed E-state index contributed by atoms with van der Waals surface area (Å²) in [6, 6.07) is 4.88. The van der Waals surface area contributed by atoms with Crippen molar-refractivity contribution in [3.05, 3.63) is 22.4 Å². The zero-order valence-corrected chi connectivity index (χ0v) is 14.2. The molecule has 2 fully saturated rings. The topological polar surface area (TPSA) is 44.4 Å². The Kier molecular flexibility index (Phi) is 5.50. The Morgan fingerprint density at radius 1 is 1.36 bits per heavy atom. The summed E-state index contributed by atoms with van der Waals surface area (Å²) in [6.45, 7) is 5.85. The minimum absolute atomic E-state index is 0.116. The van der Waals surface area contributed by atoms with E-state index in [9.17, 15) is 4.79 Å². The Morgan fingerprint density at radius 2 is 2.14 bits per heavy atom. The first kappa shape index (κ1) is 16.0. The second kappa shape index (κ2) is 7.57. The van der Waals surface area contributed by atoms with E-state index in [1.54, 1.807) is 11.3 Å². The van der Waals surface area contributed by atoms with Crippen molar-refractivity contribution in [2.45, 2.75) is 44.7 Å². The number of carbonyl (C=O) groups is 1. The zero-order valence-electron chi connectivity index (χ0n) is 13.4. The lowest BCUT2D eigenvalue weighted by Crippen LogP contribution is -2.46. The van der Waals surface area contributed by atoms with Crippen LogP contribution in [-0.4, -0.2) is 43.0 Å². The summed E-state index contributed by atoms with van der Waals surface area (Å²) < 4.78 is 0. The number of carbonyl (C=O) groups excluding carboxylic acids is 1. The first-order valence-electron chi connectivity index (χ1n) is 8.49. The van der Waals surface area contributed by atoms with Crippen molar-refractivity contribution < 1.29 is 4.79 Å². The maximum Gasteiger partial charge on any atom is 0.234 e. The first-order valence-corrected chi connectivity index (χ1v) is 9.37. The molecule has 2 N–H and O–H groups in total. The van der Waals surface area contributed by atoms with Crippen molar-refractivity contribution in [2.24, 2.45) is 5.92 Å². The molecule has 3 rings (SSSR count). The summed E-state index contributed by atoms with van der Waals surface area (Å²) in [7, 11) is 0. The molecule has 5 heteroatoms. The van der Waals surface area contributed by atoms with Crippen LogP contribution in [0.4, 0.5) is 0 Å². The Bertz CT molecular complexity index is 464. The molecule has 1 amide bonds. The predicted octanol–water partition coefficient (Wildman–Crippen LogP) is 2.39. The van der Waals surface area contributed by atoms with Crippen molar-refractivity contribution in [1.29, 1.82) is 0 Å². The van der Waals surface area contributed by atoms with E-state index in [1.165, 1.54) is 37.1 Å². The lowest BCUT2D eigenvalue weighted by atomic mass is 10.0. The largest absolute Gasteiger partial charge is 0.348 e. The molecule has 0 spiro atoms. The second-order valence-electron chi connectivity index (χ2n) is 6.71. The SMILES string of the molecule is CC(NC(=O)CN1CCC(NCC2CC2)CC1)c1cccs1. The number of hydrogen-bond acceptors (Lipinski definition) is 4. The van der Waals surface area contributed by atoms with Crippen molar-refractivity contribution in [2.75, 3.05) is 26.2 Å². The van der Waals surface area contributed by atoms with Gasteiger partial charge in [0.1, 0.15) is 0 Å². The zero-order chi connectivity index (χ0) is 15.4. The fraction of sp³-hybridized carbons (Fsp3) is 0.706. The van der Waals surface area contributed by atoms with Crippen molar-refractivity contribution >= 4 is 17.2 Å². The van der Waals surface area contributed by atoms with Crippen molar-refractivity contribution in [3.63, 3.8) is 0 Å². The molecule has 0 bridgehead atoms. The van der Waals surface area contributed by atoms with Gasteiger partial charge in [-0.3, -0.25) is 9.69 Å². The van der Waals surface area contributed by atoms with E-state index in [4.69, 9.17) is 0 Å². The van der Waals surface area contributed by atoms with E-state index in [-0.39, 0.29) is 11.9 Å². The van der Waals surface area contributed by atoms with Crippen LogP contribution in [0.5, 0.6) is 0 Å². The number of amides is 1. The van der Waals surface area contributed by atoms with Gasteiger partial charge in [0.25, 0.3) is 0 Å². The quantitative estimate of drug-likeness (QED) is 0.810. The Labute approximate surface area is 137 Å². The Balaban J connectivity index is 1.34. The summed E-state index contributed by atoms with van der Waals surface area (Å²) in [5.74, 6) is 1.09. The maximum atomic E-state index is 12.2. The van der Waals surface area contributed by atoms with Gasteiger partial charge in [0.15, 0.2) is 0 Å². The van der Waals surface area contributed by atoms with E-state index in [0.717, 1.165) is 19.0 Å². The highest BCUT2D eigenvalue weighted by Gasteiger charge is 2.25. The summed E-state index contributed by atoms with van der Waals surface area (Å²) in [5, 5.41) is 8.84. The molecule has 1 atom stereocenters. The molecule has 1 aromatic rings. The van der Waals surface area contributed by atoms with Gasteiger partial charge in [0.05, 0.1) is 12.6 Å². The summed E-state index contributed by atoms with van der Waals surface area (Å²) in [4.78, 5) is 15.7. The fourth-order valence-corrected chi connectivity index (χ4v) is 3.78. The van der Waals surface area contributed by atoms with Gasteiger partial charge < -0.3 is 10.6 Å².